The zero-order chi connectivity index (χ0) is 22.5. The van der Waals surface area contributed by atoms with E-state index in [1.165, 1.54) is 11.1 Å². The van der Waals surface area contributed by atoms with Gasteiger partial charge < -0.3 is 18.9 Å². The molecule has 5 nitrogen and oxygen atoms in total. The highest BCUT2D eigenvalue weighted by atomic mass is 16.5. The molecule has 0 saturated heterocycles. The molecule has 0 atom stereocenters. The minimum atomic E-state index is 0.623. The summed E-state index contributed by atoms with van der Waals surface area (Å²) in [5, 5.41) is 0. The van der Waals surface area contributed by atoms with Gasteiger partial charge in [-0.25, -0.2) is 0 Å². The van der Waals surface area contributed by atoms with Gasteiger partial charge in [0, 0.05) is 30.8 Å². The van der Waals surface area contributed by atoms with Crippen LogP contribution >= 0.6 is 0 Å². The Bertz CT molecular complexity index is 1060. The molecular formula is C27H31NO4. The molecule has 0 bridgehead atoms. The van der Waals surface area contributed by atoms with Gasteiger partial charge in [-0.3, -0.25) is 4.90 Å². The van der Waals surface area contributed by atoms with Crippen molar-refractivity contribution in [3.8, 4) is 34.1 Å². The predicted molar refractivity (Wildman–Crippen MR) is 127 cm³/mol. The monoisotopic (exact) mass is 433 g/mol. The first-order valence-corrected chi connectivity index (χ1v) is 11.0. The lowest BCUT2D eigenvalue weighted by atomic mass is 10.00. The van der Waals surface area contributed by atoms with Gasteiger partial charge in [-0.1, -0.05) is 43.3 Å². The third kappa shape index (κ3) is 4.53. The maximum Gasteiger partial charge on any atom is 0.168 e. The lowest BCUT2D eigenvalue weighted by Gasteiger charge is -2.20. The van der Waals surface area contributed by atoms with Gasteiger partial charge >= 0.3 is 0 Å². The summed E-state index contributed by atoms with van der Waals surface area (Å²) in [5.41, 5.74) is 5.74. The zero-order valence-electron chi connectivity index (χ0n) is 19.3. The van der Waals surface area contributed by atoms with E-state index in [0.717, 1.165) is 54.2 Å². The number of methoxy groups -OCH3 is 3. The van der Waals surface area contributed by atoms with Crippen LogP contribution in [0, 0.1) is 0 Å². The number of aryl methyl sites for hydroxylation is 1. The summed E-state index contributed by atoms with van der Waals surface area (Å²) in [4.78, 5) is 2.42. The molecule has 0 spiro atoms. The molecule has 0 unspecified atom stereocenters. The second-order valence-corrected chi connectivity index (χ2v) is 7.94. The third-order valence-electron chi connectivity index (χ3n) is 5.95. The molecule has 1 heterocycles. The lowest BCUT2D eigenvalue weighted by Crippen LogP contribution is -2.25. The van der Waals surface area contributed by atoms with Crippen molar-refractivity contribution in [2.45, 2.75) is 26.4 Å². The highest BCUT2D eigenvalue weighted by Crippen LogP contribution is 2.43. The van der Waals surface area contributed by atoms with E-state index in [0.29, 0.717) is 18.1 Å². The van der Waals surface area contributed by atoms with E-state index >= 15 is 0 Å². The van der Waals surface area contributed by atoms with E-state index in [9.17, 15) is 0 Å². The summed E-state index contributed by atoms with van der Waals surface area (Å²) in [6.07, 6.45) is 1.06. The second kappa shape index (κ2) is 9.96. The van der Waals surface area contributed by atoms with E-state index in [-0.39, 0.29) is 0 Å². The molecule has 3 aromatic rings. The topological polar surface area (TPSA) is 40.2 Å². The Morgan fingerprint density at radius 3 is 2.31 bits per heavy atom. The van der Waals surface area contributed by atoms with Crippen molar-refractivity contribution in [3.05, 3.63) is 71.3 Å². The first-order chi connectivity index (χ1) is 15.7. The molecule has 4 rings (SSSR count). The highest BCUT2D eigenvalue weighted by Gasteiger charge is 2.22. The zero-order valence-corrected chi connectivity index (χ0v) is 19.3. The van der Waals surface area contributed by atoms with Crippen LogP contribution in [0.2, 0.25) is 0 Å². The first kappa shape index (κ1) is 22.0. The van der Waals surface area contributed by atoms with Gasteiger partial charge in [0.25, 0.3) is 0 Å². The molecule has 168 valence electrons. The second-order valence-electron chi connectivity index (χ2n) is 7.94. The van der Waals surface area contributed by atoms with Gasteiger partial charge in [-0.05, 0) is 41.3 Å². The summed E-state index contributed by atoms with van der Waals surface area (Å²) in [5.74, 6) is 2.96. The minimum absolute atomic E-state index is 0.623. The Balaban J connectivity index is 1.68. The average molecular weight is 434 g/mol. The van der Waals surface area contributed by atoms with Crippen molar-refractivity contribution in [1.29, 1.82) is 0 Å². The fourth-order valence-corrected chi connectivity index (χ4v) is 4.23. The molecule has 0 N–H and O–H groups in total. The Kier molecular flexibility index (Phi) is 6.86. The van der Waals surface area contributed by atoms with Crippen LogP contribution < -0.4 is 18.9 Å². The van der Waals surface area contributed by atoms with E-state index in [1.807, 2.05) is 24.3 Å². The summed E-state index contributed by atoms with van der Waals surface area (Å²) in [6, 6.07) is 19.0. The number of rotatable bonds is 7. The number of hydrogen-bond donors (Lipinski definition) is 0. The number of fused-ring (bicyclic) bond motifs is 1. The summed E-state index contributed by atoms with van der Waals surface area (Å²) in [7, 11) is 5.00. The van der Waals surface area contributed by atoms with Crippen LogP contribution in [0.5, 0.6) is 23.0 Å². The smallest absolute Gasteiger partial charge is 0.168 e. The van der Waals surface area contributed by atoms with Crippen molar-refractivity contribution in [2.24, 2.45) is 0 Å². The Morgan fingerprint density at radius 1 is 0.875 bits per heavy atom. The minimum Gasteiger partial charge on any atom is -0.493 e. The molecule has 0 amide bonds. The number of hydrogen-bond acceptors (Lipinski definition) is 5. The third-order valence-corrected chi connectivity index (χ3v) is 5.95. The highest BCUT2D eigenvalue weighted by molar-refractivity contribution is 5.77. The van der Waals surface area contributed by atoms with Gasteiger partial charge in [0.2, 0.25) is 0 Å². The fraction of sp³-hybridized carbons (Fsp3) is 0.333. The quantitative estimate of drug-likeness (QED) is 0.503. The summed E-state index contributed by atoms with van der Waals surface area (Å²) < 4.78 is 23.0. The van der Waals surface area contributed by atoms with Crippen LogP contribution in [-0.2, 0) is 19.5 Å². The van der Waals surface area contributed by atoms with Crippen LogP contribution in [0.15, 0.2) is 54.6 Å². The van der Waals surface area contributed by atoms with Crippen LogP contribution in [0.4, 0.5) is 0 Å². The average Bonchev–Trinajstić information content (AvgIpc) is 3.04. The van der Waals surface area contributed by atoms with Crippen LogP contribution in [0.1, 0.15) is 23.6 Å². The molecule has 5 heteroatoms. The van der Waals surface area contributed by atoms with Gasteiger partial charge in [-0.15, -0.1) is 0 Å². The molecule has 1 aliphatic rings. The first-order valence-electron chi connectivity index (χ1n) is 11.0. The van der Waals surface area contributed by atoms with Crippen molar-refractivity contribution in [1.82, 2.24) is 4.90 Å². The van der Waals surface area contributed by atoms with Crippen molar-refractivity contribution in [2.75, 3.05) is 34.5 Å². The number of ether oxygens (including phenoxy) is 4. The molecule has 0 aromatic heterocycles. The maximum absolute atomic E-state index is 6.14. The molecule has 0 aliphatic carbocycles. The Labute approximate surface area is 190 Å². The molecule has 0 saturated carbocycles. The van der Waals surface area contributed by atoms with E-state index in [1.54, 1.807) is 21.3 Å². The van der Waals surface area contributed by atoms with Crippen molar-refractivity contribution < 1.29 is 18.9 Å². The largest absolute Gasteiger partial charge is 0.493 e. The SMILES string of the molecule is CCc1ccc(CN2CCOc3c(cc(-c4cccc(OC)c4OC)cc3OC)C2)cc1. The molecule has 3 aromatic carbocycles. The molecule has 0 radical (unpaired) electrons. The van der Waals surface area contributed by atoms with Gasteiger partial charge in [0.05, 0.1) is 21.3 Å². The fourth-order valence-electron chi connectivity index (χ4n) is 4.23. The van der Waals surface area contributed by atoms with Gasteiger partial charge in [0.15, 0.2) is 23.0 Å². The van der Waals surface area contributed by atoms with Gasteiger partial charge in [-0.2, -0.15) is 0 Å². The molecule has 32 heavy (non-hydrogen) atoms. The molecular weight excluding hydrogens is 402 g/mol. The Morgan fingerprint density at radius 2 is 1.62 bits per heavy atom. The molecule has 0 fully saturated rings. The number of para-hydroxylation sites is 1. The van der Waals surface area contributed by atoms with Crippen molar-refractivity contribution in [3.63, 3.8) is 0 Å². The van der Waals surface area contributed by atoms with Crippen LogP contribution in [-0.4, -0.2) is 39.4 Å². The maximum atomic E-state index is 6.14. The van der Waals surface area contributed by atoms with E-state index in [2.05, 4.69) is 42.2 Å². The predicted octanol–water partition coefficient (Wildman–Crippen LogP) is 5.34. The lowest BCUT2D eigenvalue weighted by molar-refractivity contribution is 0.217. The van der Waals surface area contributed by atoms with Crippen LogP contribution in [0.3, 0.4) is 0 Å². The van der Waals surface area contributed by atoms with Crippen molar-refractivity contribution >= 4 is 0 Å². The van der Waals surface area contributed by atoms with E-state index < -0.39 is 0 Å². The summed E-state index contributed by atoms with van der Waals surface area (Å²) >= 11 is 0. The van der Waals surface area contributed by atoms with E-state index in [4.69, 9.17) is 18.9 Å². The normalized spacial score (nSPS) is 13.6. The van der Waals surface area contributed by atoms with Gasteiger partial charge in [0.1, 0.15) is 6.61 Å². The Hall–Kier alpha value is -3.18. The van der Waals surface area contributed by atoms with Crippen LogP contribution in [0.25, 0.3) is 11.1 Å². The number of nitrogens with zero attached hydrogens (tertiary/aromatic N) is 1. The standard InChI is InChI=1S/C27H31NO4/c1-5-19-9-11-20(12-10-19)17-28-13-14-32-26-22(18-28)15-21(16-25(26)30-3)23-7-6-8-24(29-2)27(23)31-4/h6-12,15-16H,5,13-14,17-18H2,1-4H3. The molecule has 1 aliphatic heterocycles. The summed E-state index contributed by atoms with van der Waals surface area (Å²) in [6.45, 7) is 5.31. The number of benzene rings is 3.